The molecule has 0 bridgehead atoms. The molecule has 0 saturated carbocycles. The maximum Gasteiger partial charge on any atom is 0.246 e. The van der Waals surface area contributed by atoms with Crippen LogP contribution in [-0.4, -0.2) is 39.3 Å². The van der Waals surface area contributed by atoms with E-state index in [9.17, 15) is 21.9 Å². The van der Waals surface area contributed by atoms with Crippen molar-refractivity contribution in [3.63, 3.8) is 0 Å². The van der Waals surface area contributed by atoms with Crippen LogP contribution >= 0.6 is 0 Å². The molecule has 0 saturated heterocycles. The predicted molar refractivity (Wildman–Crippen MR) is 90.9 cm³/mol. The fourth-order valence-corrected chi connectivity index (χ4v) is 4.18. The molecule has 0 aromatic heterocycles. The molecule has 0 spiro atoms. The zero-order valence-electron chi connectivity index (χ0n) is 14.0. The van der Waals surface area contributed by atoms with Gasteiger partial charge in [-0.1, -0.05) is 34.6 Å². The Morgan fingerprint density at radius 3 is 2.09 bits per heavy atom. The molecule has 9 heteroatoms. The van der Waals surface area contributed by atoms with Gasteiger partial charge < -0.3 is 5.11 Å². The summed E-state index contributed by atoms with van der Waals surface area (Å²) in [6, 6.07) is 2.59. The highest BCUT2D eigenvalue weighted by Gasteiger charge is 2.30. The lowest BCUT2D eigenvalue weighted by Crippen LogP contribution is -2.31. The lowest BCUT2D eigenvalue weighted by atomic mass is 9.86. The number of hydrogen-bond acceptors (Lipinski definition) is 5. The highest BCUT2D eigenvalue weighted by atomic mass is 32.2. The molecule has 0 atom stereocenters. The number of benzene rings is 1. The van der Waals surface area contributed by atoms with E-state index in [2.05, 4.69) is 4.72 Å². The first-order chi connectivity index (χ1) is 10.4. The minimum atomic E-state index is -3.93. The average molecular weight is 364 g/mol. The molecule has 7 nitrogen and oxygen atoms in total. The quantitative estimate of drug-likeness (QED) is 0.526. The Morgan fingerprint density at radius 1 is 1.17 bits per heavy atom. The Balaban J connectivity index is 3.71. The van der Waals surface area contributed by atoms with E-state index in [0.29, 0.717) is 5.56 Å². The number of aromatic hydroxyl groups is 1. The van der Waals surface area contributed by atoms with Gasteiger partial charge in [0.25, 0.3) is 0 Å². The third-order valence-electron chi connectivity index (χ3n) is 3.43. The molecular weight excluding hydrogens is 340 g/mol. The van der Waals surface area contributed by atoms with Crippen LogP contribution in [0.2, 0.25) is 0 Å². The molecular formula is C14H24N2O5S2. The van der Waals surface area contributed by atoms with Crippen molar-refractivity contribution in [2.75, 3.05) is 17.8 Å². The molecule has 132 valence electrons. The third-order valence-corrected chi connectivity index (χ3v) is 5.93. The summed E-state index contributed by atoms with van der Waals surface area (Å²) in [7, 11) is -6.87. The zero-order chi connectivity index (χ0) is 18.0. The van der Waals surface area contributed by atoms with E-state index in [1.165, 1.54) is 10.4 Å². The Labute approximate surface area is 139 Å². The van der Waals surface area contributed by atoms with E-state index in [4.69, 9.17) is 0 Å². The van der Waals surface area contributed by atoms with Crippen LogP contribution in [0.3, 0.4) is 0 Å². The molecule has 0 aliphatic carbocycles. The second-order valence-corrected chi connectivity index (χ2v) is 8.72. The van der Waals surface area contributed by atoms with Gasteiger partial charge in [-0.05, 0) is 17.5 Å². The molecule has 1 aromatic rings. The van der Waals surface area contributed by atoms with Gasteiger partial charge in [0.1, 0.15) is 10.6 Å². The number of anilines is 1. The van der Waals surface area contributed by atoms with E-state index in [1.807, 2.05) is 0 Å². The highest BCUT2D eigenvalue weighted by Crippen LogP contribution is 2.39. The lowest BCUT2D eigenvalue weighted by molar-refractivity contribution is 0.416. The van der Waals surface area contributed by atoms with Crippen molar-refractivity contribution < 1.29 is 21.9 Å². The number of thiol groups is 1. The third kappa shape index (κ3) is 4.36. The first-order valence-corrected chi connectivity index (χ1v) is 9.85. The fourth-order valence-electron chi connectivity index (χ4n) is 2.25. The standard InChI is InChI=1S/C14H24N2O5S2/c1-6-16(7-2)23(20,21)12-9-10(15-22(18)19)8-11(13(12)17)14(3,4)5/h8-9,17,22H,6-7H2,1-5H3,(H,15,18,19). The maximum absolute atomic E-state index is 12.7. The van der Waals surface area contributed by atoms with E-state index in [0.717, 1.165) is 6.07 Å². The Kier molecular flexibility index (Phi) is 6.06. The van der Waals surface area contributed by atoms with Crippen molar-refractivity contribution in [2.24, 2.45) is 0 Å². The van der Waals surface area contributed by atoms with Gasteiger partial charge in [0, 0.05) is 18.7 Å². The normalized spacial score (nSPS) is 12.8. The summed E-state index contributed by atoms with van der Waals surface area (Å²) >= 11 is 0. The van der Waals surface area contributed by atoms with Crippen LogP contribution in [0.1, 0.15) is 40.2 Å². The molecule has 0 radical (unpaired) electrons. The van der Waals surface area contributed by atoms with E-state index < -0.39 is 26.3 Å². The average Bonchev–Trinajstić information content (AvgIpc) is 2.39. The summed E-state index contributed by atoms with van der Waals surface area (Å²) in [5.74, 6) is -0.351. The first-order valence-electron chi connectivity index (χ1n) is 7.23. The van der Waals surface area contributed by atoms with Crippen LogP contribution in [0, 0.1) is 0 Å². The summed E-state index contributed by atoms with van der Waals surface area (Å²) in [4.78, 5) is -0.298. The molecule has 0 heterocycles. The van der Waals surface area contributed by atoms with Crippen LogP contribution in [0.5, 0.6) is 5.75 Å². The van der Waals surface area contributed by atoms with Crippen LogP contribution in [-0.2, 0) is 26.3 Å². The molecule has 0 unspecified atom stereocenters. The first kappa shape index (κ1) is 19.7. The largest absolute Gasteiger partial charge is 0.506 e. The smallest absolute Gasteiger partial charge is 0.246 e. The minimum absolute atomic E-state index is 0.106. The molecule has 0 aliphatic heterocycles. The van der Waals surface area contributed by atoms with Crippen molar-refractivity contribution in [3.8, 4) is 5.75 Å². The second-order valence-electron chi connectivity index (χ2n) is 6.08. The van der Waals surface area contributed by atoms with Gasteiger partial charge in [-0.15, -0.1) is 0 Å². The summed E-state index contributed by atoms with van der Waals surface area (Å²) in [5.41, 5.74) is -0.108. The fraction of sp³-hybridized carbons (Fsp3) is 0.571. The molecule has 1 aromatic carbocycles. The van der Waals surface area contributed by atoms with Gasteiger partial charge in [0.15, 0.2) is 0 Å². The van der Waals surface area contributed by atoms with Crippen molar-refractivity contribution in [3.05, 3.63) is 17.7 Å². The second kappa shape index (κ2) is 7.06. The topological polar surface area (TPSA) is 104 Å². The number of hydrogen-bond donors (Lipinski definition) is 3. The highest BCUT2D eigenvalue weighted by molar-refractivity contribution is 7.89. The van der Waals surface area contributed by atoms with Crippen molar-refractivity contribution in [1.82, 2.24) is 4.31 Å². The molecule has 0 aliphatic rings. The van der Waals surface area contributed by atoms with E-state index >= 15 is 0 Å². The molecule has 0 fully saturated rings. The number of phenolic OH excluding ortho intramolecular Hbond substituents is 1. The van der Waals surface area contributed by atoms with Crippen molar-refractivity contribution in [2.45, 2.75) is 44.9 Å². The summed E-state index contributed by atoms with van der Waals surface area (Å²) < 4.78 is 50.7. The van der Waals surface area contributed by atoms with Crippen LogP contribution in [0.4, 0.5) is 5.69 Å². The monoisotopic (exact) mass is 364 g/mol. The summed E-state index contributed by atoms with van der Waals surface area (Å²) in [6.45, 7) is 9.29. The number of sulfonamides is 1. The Hall–Kier alpha value is -1.32. The Bertz CT molecular complexity index is 737. The Morgan fingerprint density at radius 2 is 1.70 bits per heavy atom. The van der Waals surface area contributed by atoms with Gasteiger partial charge in [-0.25, -0.2) is 16.8 Å². The summed E-state index contributed by atoms with van der Waals surface area (Å²) in [6.07, 6.45) is 0. The van der Waals surface area contributed by atoms with Gasteiger partial charge in [-0.3, -0.25) is 4.72 Å². The number of nitrogens with one attached hydrogen (secondary N) is 1. The van der Waals surface area contributed by atoms with Gasteiger partial charge in [0.05, 0.1) is 5.69 Å². The predicted octanol–water partition coefficient (Wildman–Crippen LogP) is 1.66. The molecule has 2 N–H and O–H groups in total. The number of rotatable bonds is 6. The molecule has 1 rings (SSSR count). The number of nitrogens with zero attached hydrogens (tertiary/aromatic N) is 1. The van der Waals surface area contributed by atoms with Gasteiger partial charge in [0.2, 0.25) is 20.9 Å². The van der Waals surface area contributed by atoms with E-state index in [1.54, 1.807) is 34.6 Å². The van der Waals surface area contributed by atoms with Crippen LogP contribution in [0.15, 0.2) is 17.0 Å². The van der Waals surface area contributed by atoms with Crippen LogP contribution < -0.4 is 4.72 Å². The van der Waals surface area contributed by atoms with Gasteiger partial charge >= 0.3 is 0 Å². The van der Waals surface area contributed by atoms with E-state index in [-0.39, 0.29) is 29.4 Å². The molecule has 23 heavy (non-hydrogen) atoms. The SMILES string of the molecule is CCN(CC)S(=O)(=O)c1cc(N[SH](=O)=O)cc(C(C)(C)C)c1O. The van der Waals surface area contributed by atoms with Crippen molar-refractivity contribution in [1.29, 1.82) is 0 Å². The van der Waals surface area contributed by atoms with Crippen LogP contribution in [0.25, 0.3) is 0 Å². The zero-order valence-corrected chi connectivity index (χ0v) is 15.7. The summed E-state index contributed by atoms with van der Waals surface area (Å²) in [5, 5.41) is 10.5. The lowest BCUT2D eigenvalue weighted by Gasteiger charge is -2.25. The van der Waals surface area contributed by atoms with Gasteiger partial charge in [-0.2, -0.15) is 4.31 Å². The number of phenols is 1. The van der Waals surface area contributed by atoms with Crippen molar-refractivity contribution >= 4 is 26.6 Å². The molecule has 0 amide bonds. The minimum Gasteiger partial charge on any atom is -0.506 e. The maximum atomic E-state index is 12.7.